The lowest BCUT2D eigenvalue weighted by Gasteiger charge is -2.31. The molecule has 0 radical (unpaired) electrons. The number of nitrogens with zero attached hydrogens (tertiary/aromatic N) is 1. The Kier molecular flexibility index (Phi) is 4.86. The highest BCUT2D eigenvalue weighted by molar-refractivity contribution is 6.22. The number of nitrogens with one attached hydrogen (secondary N) is 1. The number of ether oxygens (including phenoxy) is 1. The van der Waals surface area contributed by atoms with Gasteiger partial charge in [0.2, 0.25) is 0 Å². The van der Waals surface area contributed by atoms with Gasteiger partial charge in [0.15, 0.2) is 5.78 Å². The molecule has 1 aliphatic carbocycles. The van der Waals surface area contributed by atoms with Gasteiger partial charge in [-0.2, -0.15) is 0 Å². The van der Waals surface area contributed by atoms with Gasteiger partial charge in [-0.05, 0) is 43.0 Å². The first-order chi connectivity index (χ1) is 13.6. The third-order valence-corrected chi connectivity index (χ3v) is 5.34. The molecule has 0 bridgehead atoms. The van der Waals surface area contributed by atoms with Crippen molar-refractivity contribution < 1.29 is 19.1 Å². The van der Waals surface area contributed by atoms with Crippen LogP contribution in [0, 0.1) is 0 Å². The molecule has 28 heavy (non-hydrogen) atoms. The molecule has 2 aliphatic rings. The lowest BCUT2D eigenvalue weighted by atomic mass is 10.0. The number of hydrogen-bond donors (Lipinski definition) is 1. The number of amides is 2. The van der Waals surface area contributed by atoms with Crippen molar-refractivity contribution in [3.63, 3.8) is 0 Å². The molecular weight excluding hydrogens is 356 g/mol. The minimum Gasteiger partial charge on any atom is -0.450 e. The SMILES string of the molecule is CCOC(=O)N1CCC(NC(=O)c2ccc3c(c2)C(=O)c2ccccc2-3)CC1. The Balaban J connectivity index is 1.42. The highest BCUT2D eigenvalue weighted by Crippen LogP contribution is 2.36. The fourth-order valence-electron chi connectivity index (χ4n) is 3.86. The van der Waals surface area contributed by atoms with Crippen molar-refractivity contribution in [2.45, 2.75) is 25.8 Å². The molecule has 1 N–H and O–H groups in total. The van der Waals surface area contributed by atoms with Gasteiger partial charge >= 0.3 is 6.09 Å². The van der Waals surface area contributed by atoms with Crippen molar-refractivity contribution in [3.8, 4) is 11.1 Å². The summed E-state index contributed by atoms with van der Waals surface area (Å²) in [5.74, 6) is -0.232. The van der Waals surface area contributed by atoms with Crippen LogP contribution in [0.2, 0.25) is 0 Å². The van der Waals surface area contributed by atoms with E-state index in [1.54, 1.807) is 24.0 Å². The van der Waals surface area contributed by atoms with E-state index in [0.717, 1.165) is 11.1 Å². The lowest BCUT2D eigenvalue weighted by Crippen LogP contribution is -2.46. The molecule has 4 rings (SSSR count). The van der Waals surface area contributed by atoms with Gasteiger partial charge in [-0.25, -0.2) is 4.79 Å². The zero-order valence-corrected chi connectivity index (χ0v) is 15.7. The molecule has 6 nitrogen and oxygen atoms in total. The summed E-state index contributed by atoms with van der Waals surface area (Å²) < 4.78 is 5.01. The lowest BCUT2D eigenvalue weighted by molar-refractivity contribution is 0.0860. The molecule has 1 saturated heterocycles. The topological polar surface area (TPSA) is 75.7 Å². The molecule has 144 valence electrons. The van der Waals surface area contributed by atoms with E-state index in [0.29, 0.717) is 49.2 Å². The molecule has 0 atom stereocenters. The predicted octanol–water partition coefficient (Wildman–Crippen LogP) is 3.25. The molecule has 2 amide bonds. The Morgan fingerprint density at radius 1 is 1.04 bits per heavy atom. The van der Waals surface area contributed by atoms with Gasteiger partial charge in [0.1, 0.15) is 0 Å². The summed E-state index contributed by atoms with van der Waals surface area (Å²) in [5, 5.41) is 3.02. The van der Waals surface area contributed by atoms with E-state index in [1.165, 1.54) is 0 Å². The van der Waals surface area contributed by atoms with Crippen molar-refractivity contribution >= 4 is 17.8 Å². The second kappa shape index (κ2) is 7.46. The van der Waals surface area contributed by atoms with Gasteiger partial charge in [0, 0.05) is 35.8 Å². The summed E-state index contributed by atoms with van der Waals surface area (Å²) in [5.41, 5.74) is 3.53. The van der Waals surface area contributed by atoms with E-state index in [2.05, 4.69) is 5.32 Å². The van der Waals surface area contributed by atoms with Gasteiger partial charge in [0.25, 0.3) is 5.91 Å². The Bertz CT molecular complexity index is 945. The van der Waals surface area contributed by atoms with Gasteiger partial charge < -0.3 is 15.0 Å². The quantitative estimate of drug-likeness (QED) is 0.759. The van der Waals surface area contributed by atoms with Crippen molar-refractivity contribution in [1.82, 2.24) is 10.2 Å². The molecule has 0 aromatic heterocycles. The number of fused-ring (bicyclic) bond motifs is 3. The highest BCUT2D eigenvalue weighted by atomic mass is 16.6. The summed E-state index contributed by atoms with van der Waals surface area (Å²) in [6.45, 7) is 3.25. The normalized spacial score (nSPS) is 15.8. The van der Waals surface area contributed by atoms with Gasteiger partial charge in [-0.15, -0.1) is 0 Å². The van der Waals surface area contributed by atoms with E-state index < -0.39 is 0 Å². The average Bonchev–Trinajstić information content (AvgIpc) is 3.01. The molecule has 2 aromatic rings. The number of benzene rings is 2. The number of ketones is 1. The van der Waals surface area contributed by atoms with Crippen LogP contribution in [0.25, 0.3) is 11.1 Å². The van der Waals surface area contributed by atoms with Gasteiger partial charge in [-0.3, -0.25) is 9.59 Å². The second-order valence-corrected chi connectivity index (χ2v) is 7.07. The van der Waals surface area contributed by atoms with Crippen molar-refractivity contribution in [2.75, 3.05) is 19.7 Å². The number of carbonyl (C=O) groups excluding carboxylic acids is 3. The summed E-state index contributed by atoms with van der Waals surface area (Å²) >= 11 is 0. The molecule has 0 saturated carbocycles. The highest BCUT2D eigenvalue weighted by Gasteiger charge is 2.28. The number of piperidine rings is 1. The van der Waals surface area contributed by atoms with E-state index in [-0.39, 0.29) is 23.8 Å². The predicted molar refractivity (Wildman–Crippen MR) is 104 cm³/mol. The van der Waals surface area contributed by atoms with Crippen molar-refractivity contribution in [3.05, 3.63) is 59.2 Å². The summed E-state index contributed by atoms with van der Waals surface area (Å²) in [4.78, 5) is 38.7. The second-order valence-electron chi connectivity index (χ2n) is 7.07. The molecular formula is C22H22N2O4. The third-order valence-electron chi connectivity index (χ3n) is 5.34. The molecule has 1 heterocycles. The van der Waals surface area contributed by atoms with Crippen LogP contribution in [-0.2, 0) is 4.74 Å². The van der Waals surface area contributed by atoms with Crippen LogP contribution in [0.1, 0.15) is 46.0 Å². The Labute approximate surface area is 163 Å². The maximum absolute atomic E-state index is 12.7. The Hall–Kier alpha value is -3.15. The smallest absolute Gasteiger partial charge is 0.409 e. The van der Waals surface area contributed by atoms with E-state index >= 15 is 0 Å². The van der Waals surface area contributed by atoms with Crippen LogP contribution in [0.5, 0.6) is 0 Å². The van der Waals surface area contributed by atoms with Gasteiger partial charge in [0.05, 0.1) is 6.61 Å². The van der Waals surface area contributed by atoms with Crippen LogP contribution < -0.4 is 5.32 Å². The van der Waals surface area contributed by atoms with E-state index in [1.807, 2.05) is 30.3 Å². The number of carbonyl (C=O) groups is 3. The Morgan fingerprint density at radius 3 is 2.43 bits per heavy atom. The summed E-state index contributed by atoms with van der Waals surface area (Å²) in [6.07, 6.45) is 1.06. The molecule has 6 heteroatoms. The minimum atomic E-state index is -0.302. The van der Waals surface area contributed by atoms with E-state index in [4.69, 9.17) is 4.74 Å². The number of likely N-dealkylation sites (tertiary alicyclic amines) is 1. The zero-order chi connectivity index (χ0) is 19.7. The fraction of sp³-hybridized carbons (Fsp3) is 0.318. The first kappa shape index (κ1) is 18.2. The molecule has 1 aliphatic heterocycles. The van der Waals surface area contributed by atoms with Crippen molar-refractivity contribution in [2.24, 2.45) is 0 Å². The largest absolute Gasteiger partial charge is 0.450 e. The van der Waals surface area contributed by atoms with Crippen molar-refractivity contribution in [1.29, 1.82) is 0 Å². The van der Waals surface area contributed by atoms with Crippen LogP contribution in [-0.4, -0.2) is 48.4 Å². The molecule has 0 unspecified atom stereocenters. The molecule has 2 aromatic carbocycles. The van der Waals surface area contributed by atoms with Crippen LogP contribution in [0.4, 0.5) is 4.79 Å². The average molecular weight is 378 g/mol. The van der Waals surface area contributed by atoms with Crippen LogP contribution in [0.15, 0.2) is 42.5 Å². The number of hydrogen-bond acceptors (Lipinski definition) is 4. The minimum absolute atomic E-state index is 0.000620. The first-order valence-electron chi connectivity index (χ1n) is 9.59. The standard InChI is InChI=1S/C22H22N2O4/c1-2-28-22(27)24-11-9-15(10-12-24)23-21(26)14-7-8-17-16-5-3-4-6-18(16)20(25)19(17)13-14/h3-8,13,15H,2,9-12H2,1H3,(H,23,26). The Morgan fingerprint density at radius 2 is 1.71 bits per heavy atom. The monoisotopic (exact) mass is 378 g/mol. The fourth-order valence-corrected chi connectivity index (χ4v) is 3.86. The summed E-state index contributed by atoms with van der Waals surface area (Å²) in [7, 11) is 0. The maximum atomic E-state index is 12.7. The molecule has 1 fully saturated rings. The van der Waals surface area contributed by atoms with E-state index in [9.17, 15) is 14.4 Å². The number of rotatable bonds is 3. The molecule has 0 spiro atoms. The first-order valence-corrected chi connectivity index (χ1v) is 9.59. The van der Waals surface area contributed by atoms with Gasteiger partial charge in [-0.1, -0.05) is 30.3 Å². The van der Waals surface area contributed by atoms with Crippen LogP contribution >= 0.6 is 0 Å². The maximum Gasteiger partial charge on any atom is 0.409 e. The summed E-state index contributed by atoms with van der Waals surface area (Å²) in [6, 6.07) is 12.8. The third kappa shape index (κ3) is 3.26. The zero-order valence-electron chi connectivity index (χ0n) is 15.7. The van der Waals surface area contributed by atoms with Crippen LogP contribution in [0.3, 0.4) is 0 Å².